The van der Waals surface area contributed by atoms with E-state index in [1.54, 1.807) is 13.2 Å². The molecule has 9 heteroatoms. The van der Waals surface area contributed by atoms with Gasteiger partial charge in [0.1, 0.15) is 4.99 Å². The van der Waals surface area contributed by atoms with E-state index >= 15 is 0 Å². The first-order chi connectivity index (χ1) is 15.5. The Kier molecular flexibility index (Phi) is 9.73. The first-order valence-corrected chi connectivity index (χ1v) is 11.7. The van der Waals surface area contributed by atoms with Crippen molar-refractivity contribution in [2.45, 2.75) is 6.42 Å². The summed E-state index contributed by atoms with van der Waals surface area (Å²) in [6.07, 6.45) is 1.01. The number of carbonyl (C=O) groups excluding carboxylic acids is 1. The fourth-order valence-corrected chi connectivity index (χ4v) is 3.73. The van der Waals surface area contributed by atoms with E-state index in [1.165, 1.54) is 0 Å². The molecule has 1 amide bonds. The van der Waals surface area contributed by atoms with Gasteiger partial charge < -0.3 is 24.8 Å². The van der Waals surface area contributed by atoms with Crippen LogP contribution in [0, 0.1) is 0 Å². The molecule has 0 atom stereocenters. The van der Waals surface area contributed by atoms with Crippen molar-refractivity contribution in [2.75, 3.05) is 58.4 Å². The van der Waals surface area contributed by atoms with Crippen LogP contribution in [0.4, 0.5) is 5.69 Å². The molecule has 2 aromatic rings. The number of benzene rings is 2. The van der Waals surface area contributed by atoms with E-state index in [0.29, 0.717) is 22.2 Å². The van der Waals surface area contributed by atoms with Crippen LogP contribution in [0.1, 0.15) is 12.0 Å². The number of anilines is 1. The Morgan fingerprint density at radius 3 is 2.62 bits per heavy atom. The fraction of sp³-hybridized carbons (Fsp3) is 0.391. The van der Waals surface area contributed by atoms with Gasteiger partial charge in [-0.1, -0.05) is 28.1 Å². The third-order valence-electron chi connectivity index (χ3n) is 4.95. The second-order valence-corrected chi connectivity index (χ2v) is 8.60. The number of rotatable bonds is 10. The molecular formula is C23H28BrN3O4S. The SMILES string of the molecule is COc1cc(C(=S)NCCCN2CCOCC2)ccc1OCC(=O)Nc1ccc(Br)cc1. The highest BCUT2D eigenvalue weighted by Crippen LogP contribution is 2.28. The minimum Gasteiger partial charge on any atom is -0.493 e. The summed E-state index contributed by atoms with van der Waals surface area (Å²) in [7, 11) is 1.56. The van der Waals surface area contributed by atoms with Crippen LogP contribution in [0.25, 0.3) is 0 Å². The third kappa shape index (κ3) is 7.74. The number of methoxy groups -OCH3 is 1. The molecule has 1 aliphatic rings. The molecule has 7 nitrogen and oxygen atoms in total. The zero-order valence-corrected chi connectivity index (χ0v) is 20.5. The van der Waals surface area contributed by atoms with E-state index in [0.717, 1.165) is 55.8 Å². The molecule has 0 aromatic heterocycles. The van der Waals surface area contributed by atoms with Gasteiger partial charge in [-0.2, -0.15) is 0 Å². The molecule has 0 saturated carbocycles. The van der Waals surface area contributed by atoms with E-state index in [-0.39, 0.29) is 12.5 Å². The largest absolute Gasteiger partial charge is 0.493 e. The molecule has 2 N–H and O–H groups in total. The lowest BCUT2D eigenvalue weighted by Crippen LogP contribution is -2.38. The van der Waals surface area contributed by atoms with Gasteiger partial charge in [0, 0.05) is 35.4 Å². The maximum Gasteiger partial charge on any atom is 0.262 e. The van der Waals surface area contributed by atoms with Crippen molar-refractivity contribution in [3.63, 3.8) is 0 Å². The minimum absolute atomic E-state index is 0.129. The molecule has 0 bridgehead atoms. The third-order valence-corrected chi connectivity index (χ3v) is 5.86. The molecule has 1 heterocycles. The molecule has 0 spiro atoms. The van der Waals surface area contributed by atoms with E-state index in [4.69, 9.17) is 26.4 Å². The molecule has 0 unspecified atom stereocenters. The number of halogens is 1. The van der Waals surface area contributed by atoms with Crippen molar-refractivity contribution in [3.05, 3.63) is 52.5 Å². The Labute approximate surface area is 202 Å². The van der Waals surface area contributed by atoms with Crippen LogP contribution in [0.3, 0.4) is 0 Å². The maximum atomic E-state index is 12.2. The summed E-state index contributed by atoms with van der Waals surface area (Å²) in [6, 6.07) is 12.8. The lowest BCUT2D eigenvalue weighted by molar-refractivity contribution is -0.118. The van der Waals surface area contributed by atoms with Gasteiger partial charge in [0.2, 0.25) is 0 Å². The van der Waals surface area contributed by atoms with Crippen molar-refractivity contribution in [1.82, 2.24) is 10.2 Å². The Morgan fingerprint density at radius 2 is 1.91 bits per heavy atom. The highest BCUT2D eigenvalue weighted by atomic mass is 79.9. The summed E-state index contributed by atoms with van der Waals surface area (Å²) < 4.78 is 17.4. The Bertz CT molecular complexity index is 905. The molecule has 3 rings (SSSR count). The van der Waals surface area contributed by atoms with Crippen molar-refractivity contribution in [2.24, 2.45) is 0 Å². The second-order valence-electron chi connectivity index (χ2n) is 7.27. The average Bonchev–Trinajstić information content (AvgIpc) is 2.82. The van der Waals surface area contributed by atoms with Crippen LogP contribution >= 0.6 is 28.1 Å². The van der Waals surface area contributed by atoms with Gasteiger partial charge in [-0.3, -0.25) is 9.69 Å². The average molecular weight is 522 g/mol. The van der Waals surface area contributed by atoms with Gasteiger partial charge >= 0.3 is 0 Å². The van der Waals surface area contributed by atoms with Crippen LogP contribution in [-0.2, 0) is 9.53 Å². The summed E-state index contributed by atoms with van der Waals surface area (Å²) >= 11 is 8.89. The standard InChI is InChI=1S/C23H28BrN3O4S/c1-29-21-15-17(23(32)25-9-2-10-27-11-13-30-14-12-27)3-8-20(21)31-16-22(28)26-19-6-4-18(24)5-7-19/h3-8,15H,2,9-14,16H2,1H3,(H,25,32)(H,26,28). The summed E-state index contributed by atoms with van der Waals surface area (Å²) in [6.45, 7) is 5.30. The minimum atomic E-state index is -0.254. The number of hydrogen-bond donors (Lipinski definition) is 2. The smallest absolute Gasteiger partial charge is 0.262 e. The van der Waals surface area contributed by atoms with Crippen LogP contribution < -0.4 is 20.1 Å². The number of hydrogen-bond acceptors (Lipinski definition) is 6. The van der Waals surface area contributed by atoms with Crippen molar-refractivity contribution in [1.29, 1.82) is 0 Å². The molecule has 2 aromatic carbocycles. The lowest BCUT2D eigenvalue weighted by Gasteiger charge is -2.26. The topological polar surface area (TPSA) is 72.1 Å². The van der Waals surface area contributed by atoms with Crippen molar-refractivity contribution < 1.29 is 19.0 Å². The molecule has 172 valence electrons. The first kappa shape index (κ1) is 24.4. The molecule has 32 heavy (non-hydrogen) atoms. The van der Waals surface area contributed by atoms with Gasteiger partial charge in [0.25, 0.3) is 5.91 Å². The van der Waals surface area contributed by atoms with E-state index in [1.807, 2.05) is 36.4 Å². The van der Waals surface area contributed by atoms with Gasteiger partial charge in [-0.15, -0.1) is 0 Å². The highest BCUT2D eigenvalue weighted by Gasteiger charge is 2.12. The monoisotopic (exact) mass is 521 g/mol. The number of thiocarbonyl (C=S) groups is 1. The number of nitrogens with one attached hydrogen (secondary N) is 2. The van der Waals surface area contributed by atoms with Crippen LogP contribution in [0.15, 0.2) is 46.9 Å². The zero-order chi connectivity index (χ0) is 22.8. The normalized spacial score (nSPS) is 13.9. The number of amides is 1. The van der Waals surface area contributed by atoms with Crippen LogP contribution in [0.2, 0.25) is 0 Å². The molecule has 0 aliphatic carbocycles. The molecule has 1 fully saturated rings. The lowest BCUT2D eigenvalue weighted by atomic mass is 10.2. The summed E-state index contributed by atoms with van der Waals surface area (Å²) in [5, 5.41) is 6.09. The fourth-order valence-electron chi connectivity index (χ4n) is 3.23. The molecular weight excluding hydrogens is 494 g/mol. The Balaban J connectivity index is 1.45. The van der Waals surface area contributed by atoms with Crippen molar-refractivity contribution in [3.8, 4) is 11.5 Å². The molecule has 0 radical (unpaired) electrons. The van der Waals surface area contributed by atoms with E-state index in [2.05, 4.69) is 31.5 Å². The summed E-state index contributed by atoms with van der Waals surface area (Å²) in [4.78, 5) is 15.2. The van der Waals surface area contributed by atoms with Gasteiger partial charge in [0.15, 0.2) is 18.1 Å². The Morgan fingerprint density at radius 1 is 1.16 bits per heavy atom. The second kappa shape index (κ2) is 12.7. The van der Waals surface area contributed by atoms with E-state index < -0.39 is 0 Å². The van der Waals surface area contributed by atoms with Gasteiger partial charge in [-0.25, -0.2) is 0 Å². The Hall–Kier alpha value is -2.20. The predicted molar refractivity (Wildman–Crippen MR) is 133 cm³/mol. The van der Waals surface area contributed by atoms with Crippen LogP contribution in [-0.4, -0.2) is 68.9 Å². The van der Waals surface area contributed by atoms with Gasteiger partial charge in [-0.05, 0) is 55.4 Å². The summed E-state index contributed by atoms with van der Waals surface area (Å²) in [5.74, 6) is 0.754. The molecule has 1 aliphatic heterocycles. The number of carbonyl (C=O) groups is 1. The maximum absolute atomic E-state index is 12.2. The quantitative estimate of drug-likeness (QED) is 0.366. The number of ether oxygens (including phenoxy) is 3. The number of morpholine rings is 1. The number of nitrogens with zero attached hydrogens (tertiary/aromatic N) is 1. The predicted octanol–water partition coefficient (Wildman–Crippen LogP) is 3.46. The first-order valence-electron chi connectivity index (χ1n) is 10.5. The highest BCUT2D eigenvalue weighted by molar-refractivity contribution is 9.10. The van der Waals surface area contributed by atoms with Crippen molar-refractivity contribution >= 4 is 44.7 Å². The van der Waals surface area contributed by atoms with E-state index in [9.17, 15) is 4.79 Å². The summed E-state index contributed by atoms with van der Waals surface area (Å²) in [5.41, 5.74) is 1.55. The van der Waals surface area contributed by atoms with Crippen LogP contribution in [0.5, 0.6) is 11.5 Å². The molecule has 1 saturated heterocycles. The zero-order valence-electron chi connectivity index (χ0n) is 18.1. The van der Waals surface area contributed by atoms with Gasteiger partial charge in [0.05, 0.1) is 20.3 Å².